The predicted molar refractivity (Wildman–Crippen MR) is 99.8 cm³/mol. The van der Waals surface area contributed by atoms with Gasteiger partial charge in [-0.05, 0) is 43.3 Å². The Balaban J connectivity index is 1.74. The van der Waals surface area contributed by atoms with Gasteiger partial charge in [0.15, 0.2) is 10.9 Å². The Morgan fingerprint density at radius 1 is 1.20 bits per heavy atom. The summed E-state index contributed by atoms with van der Waals surface area (Å²) in [6, 6.07) is 12.2. The minimum atomic E-state index is -3.33. The molecular formula is C17H17N3O3S2. The van der Waals surface area contributed by atoms with Crippen molar-refractivity contribution in [1.29, 1.82) is 0 Å². The van der Waals surface area contributed by atoms with Crippen LogP contribution in [-0.2, 0) is 10.0 Å². The number of nitrogens with zero attached hydrogens (tertiary/aromatic N) is 2. The van der Waals surface area contributed by atoms with Crippen molar-refractivity contribution in [3.05, 3.63) is 60.4 Å². The number of nitrogens with one attached hydrogen (secondary N) is 1. The lowest BCUT2D eigenvalue weighted by Gasteiger charge is -2.10. The number of hydrogen-bond donors (Lipinski definition) is 1. The van der Waals surface area contributed by atoms with Crippen molar-refractivity contribution in [2.45, 2.75) is 17.3 Å². The summed E-state index contributed by atoms with van der Waals surface area (Å²) in [5, 5.41) is 0.436. The van der Waals surface area contributed by atoms with Gasteiger partial charge in [0.2, 0.25) is 10.0 Å². The molecule has 0 amide bonds. The van der Waals surface area contributed by atoms with Crippen molar-refractivity contribution >= 4 is 38.8 Å². The Morgan fingerprint density at radius 2 is 1.92 bits per heavy atom. The molecule has 3 rings (SSSR count). The average molecular weight is 375 g/mol. The van der Waals surface area contributed by atoms with E-state index in [0.29, 0.717) is 11.3 Å². The number of pyridine rings is 1. The van der Waals surface area contributed by atoms with Crippen molar-refractivity contribution in [1.82, 2.24) is 9.38 Å². The van der Waals surface area contributed by atoms with E-state index in [1.807, 2.05) is 35.7 Å². The number of carbonyl (C=O) groups is 1. The molecule has 8 heteroatoms. The molecule has 0 aliphatic carbocycles. The molecule has 1 atom stereocenters. The first kappa shape index (κ1) is 17.5. The molecule has 3 aromatic rings. The summed E-state index contributed by atoms with van der Waals surface area (Å²) >= 11 is 1.39. The predicted octanol–water partition coefficient (Wildman–Crippen LogP) is 3.07. The molecule has 2 aromatic heterocycles. The lowest BCUT2D eigenvalue weighted by molar-refractivity contribution is 0.0994. The molecule has 0 radical (unpaired) electrons. The molecule has 130 valence electrons. The number of benzene rings is 1. The van der Waals surface area contributed by atoms with Crippen molar-refractivity contribution in [3.8, 4) is 0 Å². The molecule has 0 aliphatic heterocycles. The van der Waals surface area contributed by atoms with Crippen LogP contribution in [0.2, 0.25) is 0 Å². The van der Waals surface area contributed by atoms with Crippen LogP contribution in [0.25, 0.3) is 5.52 Å². The van der Waals surface area contributed by atoms with Gasteiger partial charge < -0.3 is 0 Å². The third-order valence-electron chi connectivity index (χ3n) is 3.53. The fraction of sp³-hybridized carbons (Fsp3) is 0.176. The fourth-order valence-corrected chi connectivity index (χ4v) is 3.89. The quantitative estimate of drug-likeness (QED) is 0.529. The average Bonchev–Trinajstić information content (AvgIpc) is 2.96. The van der Waals surface area contributed by atoms with E-state index in [4.69, 9.17) is 0 Å². The number of carbonyl (C=O) groups excluding carboxylic acids is 1. The number of aromatic nitrogens is 2. The first-order chi connectivity index (χ1) is 11.8. The van der Waals surface area contributed by atoms with Gasteiger partial charge >= 0.3 is 0 Å². The molecule has 0 saturated carbocycles. The Hall–Kier alpha value is -2.32. The van der Waals surface area contributed by atoms with Gasteiger partial charge in [0.25, 0.3) is 0 Å². The zero-order valence-electron chi connectivity index (χ0n) is 13.7. The first-order valence-corrected chi connectivity index (χ1v) is 10.3. The highest BCUT2D eigenvalue weighted by molar-refractivity contribution is 8.00. The summed E-state index contributed by atoms with van der Waals surface area (Å²) in [7, 11) is -3.33. The van der Waals surface area contributed by atoms with E-state index < -0.39 is 10.0 Å². The van der Waals surface area contributed by atoms with E-state index in [1.54, 1.807) is 30.5 Å². The highest BCUT2D eigenvalue weighted by Gasteiger charge is 2.19. The summed E-state index contributed by atoms with van der Waals surface area (Å²) in [6.45, 7) is 1.83. The summed E-state index contributed by atoms with van der Waals surface area (Å²) in [5.74, 6) is -0.0383. The maximum absolute atomic E-state index is 12.6. The SMILES string of the molecule is C[C@@H](Sc1ncc2ccccn12)C(=O)c1ccc(NS(C)(=O)=O)cc1. The molecule has 0 spiro atoms. The van der Waals surface area contributed by atoms with E-state index in [1.165, 1.54) is 11.8 Å². The van der Waals surface area contributed by atoms with Gasteiger partial charge in [0.1, 0.15) is 0 Å². The van der Waals surface area contributed by atoms with Gasteiger partial charge in [0, 0.05) is 17.4 Å². The largest absolute Gasteiger partial charge is 0.295 e. The molecule has 0 aliphatic rings. The smallest absolute Gasteiger partial charge is 0.229 e. The summed E-state index contributed by atoms with van der Waals surface area (Å²) in [5.41, 5.74) is 1.93. The lowest BCUT2D eigenvalue weighted by Crippen LogP contribution is -2.14. The second kappa shape index (κ2) is 6.89. The molecule has 0 saturated heterocycles. The van der Waals surface area contributed by atoms with E-state index in [-0.39, 0.29) is 11.0 Å². The van der Waals surface area contributed by atoms with Crippen LogP contribution in [0.1, 0.15) is 17.3 Å². The zero-order chi connectivity index (χ0) is 18.0. The van der Waals surface area contributed by atoms with Crippen LogP contribution in [0.5, 0.6) is 0 Å². The monoisotopic (exact) mass is 375 g/mol. The Kier molecular flexibility index (Phi) is 4.82. The number of Topliss-reactive ketones (excluding diaryl/α,β-unsaturated/α-hetero) is 1. The van der Waals surface area contributed by atoms with Gasteiger partial charge in [-0.15, -0.1) is 0 Å². The molecule has 2 heterocycles. The number of anilines is 1. The number of thioether (sulfide) groups is 1. The van der Waals surface area contributed by atoms with Crippen molar-refractivity contribution < 1.29 is 13.2 Å². The van der Waals surface area contributed by atoms with E-state index in [0.717, 1.165) is 16.9 Å². The zero-order valence-corrected chi connectivity index (χ0v) is 15.3. The van der Waals surface area contributed by atoms with Gasteiger partial charge in [-0.2, -0.15) is 0 Å². The summed E-state index contributed by atoms with van der Waals surface area (Å²) < 4.78 is 26.8. The normalized spacial score (nSPS) is 12.9. The summed E-state index contributed by atoms with van der Waals surface area (Å²) in [4.78, 5) is 17.0. The van der Waals surface area contributed by atoms with Crippen LogP contribution in [0.15, 0.2) is 60.0 Å². The maximum atomic E-state index is 12.6. The molecule has 1 aromatic carbocycles. The molecule has 1 N–H and O–H groups in total. The Bertz CT molecular complexity index is 1010. The topological polar surface area (TPSA) is 80.5 Å². The van der Waals surface area contributed by atoms with Crippen LogP contribution in [-0.4, -0.2) is 35.1 Å². The standard InChI is InChI=1S/C17H17N3O3S2/c1-12(24-17-18-11-15-5-3-4-10-20(15)17)16(21)13-6-8-14(9-7-13)19-25(2,22)23/h3-12,19H,1-2H3/t12-/m1/s1. The second-order valence-corrected chi connectivity index (χ2v) is 8.67. The molecular weight excluding hydrogens is 358 g/mol. The molecule has 0 bridgehead atoms. The fourth-order valence-electron chi connectivity index (χ4n) is 2.37. The maximum Gasteiger partial charge on any atom is 0.229 e. The number of fused-ring (bicyclic) bond motifs is 1. The van der Waals surface area contributed by atoms with Crippen LogP contribution >= 0.6 is 11.8 Å². The van der Waals surface area contributed by atoms with Crippen molar-refractivity contribution in [2.24, 2.45) is 0 Å². The molecule has 25 heavy (non-hydrogen) atoms. The molecule has 0 unspecified atom stereocenters. The molecule has 0 fully saturated rings. The lowest BCUT2D eigenvalue weighted by atomic mass is 10.1. The summed E-state index contributed by atoms with van der Waals surface area (Å²) in [6.07, 6.45) is 4.76. The highest BCUT2D eigenvalue weighted by atomic mass is 32.2. The number of imidazole rings is 1. The first-order valence-electron chi connectivity index (χ1n) is 7.54. The Labute approximate surface area is 150 Å². The van der Waals surface area contributed by atoms with Crippen LogP contribution in [0.4, 0.5) is 5.69 Å². The van der Waals surface area contributed by atoms with Crippen molar-refractivity contribution in [2.75, 3.05) is 11.0 Å². The van der Waals surface area contributed by atoms with E-state index in [2.05, 4.69) is 9.71 Å². The molecule has 6 nitrogen and oxygen atoms in total. The van der Waals surface area contributed by atoms with E-state index in [9.17, 15) is 13.2 Å². The van der Waals surface area contributed by atoms with Gasteiger partial charge in [-0.1, -0.05) is 17.8 Å². The van der Waals surface area contributed by atoms with E-state index >= 15 is 0 Å². The third-order valence-corrected chi connectivity index (χ3v) is 5.22. The van der Waals surface area contributed by atoms with Crippen LogP contribution in [0.3, 0.4) is 0 Å². The van der Waals surface area contributed by atoms with Gasteiger partial charge in [-0.25, -0.2) is 13.4 Å². The number of sulfonamides is 1. The Morgan fingerprint density at radius 3 is 2.60 bits per heavy atom. The minimum absolute atomic E-state index is 0.0383. The number of rotatable bonds is 6. The minimum Gasteiger partial charge on any atom is -0.295 e. The van der Waals surface area contributed by atoms with Crippen LogP contribution < -0.4 is 4.72 Å². The highest BCUT2D eigenvalue weighted by Crippen LogP contribution is 2.26. The third kappa shape index (κ3) is 4.21. The van der Waals surface area contributed by atoms with Crippen LogP contribution in [0, 0.1) is 0 Å². The van der Waals surface area contributed by atoms with Gasteiger partial charge in [-0.3, -0.25) is 13.9 Å². The van der Waals surface area contributed by atoms with Gasteiger partial charge in [0.05, 0.1) is 23.2 Å². The number of ketones is 1. The van der Waals surface area contributed by atoms with Crippen molar-refractivity contribution in [3.63, 3.8) is 0 Å². The number of hydrogen-bond acceptors (Lipinski definition) is 5. The second-order valence-electron chi connectivity index (χ2n) is 5.61.